The van der Waals surface area contributed by atoms with E-state index in [1.807, 2.05) is 0 Å². The lowest BCUT2D eigenvalue weighted by Gasteiger charge is -2.10. The van der Waals surface area contributed by atoms with Crippen LogP contribution in [0.2, 0.25) is 0 Å². The zero-order valence-electron chi connectivity index (χ0n) is 14.5. The van der Waals surface area contributed by atoms with Gasteiger partial charge in [0.15, 0.2) is 5.96 Å². The van der Waals surface area contributed by atoms with Crippen molar-refractivity contribution in [3.63, 3.8) is 0 Å². The van der Waals surface area contributed by atoms with Crippen molar-refractivity contribution in [3.05, 3.63) is 11.6 Å². The Kier molecular flexibility index (Phi) is 13.1. The van der Waals surface area contributed by atoms with Crippen LogP contribution in [0.25, 0.3) is 0 Å². The zero-order valence-corrected chi connectivity index (χ0v) is 14.5. The Bertz CT molecular complexity index is 377. The number of nitrogens with zero attached hydrogens (tertiary/aromatic N) is 1. The van der Waals surface area contributed by atoms with Crippen LogP contribution in [0.1, 0.15) is 71.1 Å². The summed E-state index contributed by atoms with van der Waals surface area (Å²) in [5.41, 5.74) is 17.4. The molecule has 0 aromatic carbocycles. The van der Waals surface area contributed by atoms with Crippen LogP contribution >= 0.6 is 0 Å². The van der Waals surface area contributed by atoms with Crippen molar-refractivity contribution in [3.8, 4) is 0 Å². The molecular formula is C17H34N4O2. The smallest absolute Gasteiger partial charge is 0.328 e. The lowest BCUT2D eigenvalue weighted by molar-refractivity contribution is -0.131. The maximum absolute atomic E-state index is 10.8. The van der Waals surface area contributed by atoms with E-state index in [0.29, 0.717) is 6.04 Å². The maximum atomic E-state index is 10.8. The molecule has 0 fully saturated rings. The molecule has 0 aliphatic rings. The van der Waals surface area contributed by atoms with Crippen LogP contribution in [0.3, 0.4) is 0 Å². The van der Waals surface area contributed by atoms with Gasteiger partial charge in [0.05, 0.1) is 6.54 Å². The summed E-state index contributed by atoms with van der Waals surface area (Å²) in [5.74, 6) is -0.965. The first-order valence-corrected chi connectivity index (χ1v) is 8.69. The van der Waals surface area contributed by atoms with Crippen molar-refractivity contribution in [2.24, 2.45) is 22.2 Å². The van der Waals surface area contributed by atoms with Gasteiger partial charge in [-0.3, -0.25) is 0 Å². The molecule has 134 valence electrons. The number of carbonyl (C=O) groups is 1. The average Bonchev–Trinajstić information content (AvgIpc) is 2.48. The summed E-state index contributed by atoms with van der Waals surface area (Å²) in [6.07, 6.45) is 12.2. The van der Waals surface area contributed by atoms with Crippen molar-refractivity contribution in [1.29, 1.82) is 0 Å². The maximum Gasteiger partial charge on any atom is 0.328 e. The van der Waals surface area contributed by atoms with Crippen LogP contribution in [0, 0.1) is 0 Å². The highest BCUT2D eigenvalue weighted by atomic mass is 16.4. The topological polar surface area (TPSA) is 128 Å². The third kappa shape index (κ3) is 15.1. The summed E-state index contributed by atoms with van der Waals surface area (Å²) in [4.78, 5) is 14.6. The second-order valence-corrected chi connectivity index (χ2v) is 6.09. The van der Waals surface area contributed by atoms with E-state index in [1.165, 1.54) is 31.8 Å². The minimum atomic E-state index is -0.952. The Morgan fingerprint density at radius 3 is 2.30 bits per heavy atom. The normalized spacial score (nSPS) is 12.9. The van der Waals surface area contributed by atoms with Crippen LogP contribution in [0.15, 0.2) is 16.6 Å². The van der Waals surface area contributed by atoms with E-state index in [-0.39, 0.29) is 12.5 Å². The monoisotopic (exact) mass is 326 g/mol. The van der Waals surface area contributed by atoms with E-state index in [2.05, 4.69) is 11.9 Å². The lowest BCUT2D eigenvalue weighted by Crippen LogP contribution is -2.23. The molecule has 6 heteroatoms. The molecule has 0 radical (unpaired) electrons. The number of carboxylic acid groups (broad SMARTS) is 1. The number of carboxylic acids is 1. The summed E-state index contributed by atoms with van der Waals surface area (Å²) in [7, 11) is 0. The molecule has 0 aliphatic heterocycles. The minimum absolute atomic E-state index is 0.0132. The van der Waals surface area contributed by atoms with Gasteiger partial charge in [-0.1, -0.05) is 45.4 Å². The van der Waals surface area contributed by atoms with Gasteiger partial charge in [-0.25, -0.2) is 9.79 Å². The quantitative estimate of drug-likeness (QED) is 0.169. The summed E-state index contributed by atoms with van der Waals surface area (Å²) in [6, 6.07) is 0.347. The average molecular weight is 326 g/mol. The first-order valence-electron chi connectivity index (χ1n) is 8.69. The van der Waals surface area contributed by atoms with E-state index < -0.39 is 5.97 Å². The number of unbranched alkanes of at least 4 members (excludes halogenated alkanes) is 5. The molecule has 0 aromatic heterocycles. The molecule has 7 N–H and O–H groups in total. The van der Waals surface area contributed by atoms with Crippen molar-refractivity contribution < 1.29 is 9.90 Å². The van der Waals surface area contributed by atoms with E-state index in [1.54, 1.807) is 0 Å². The lowest BCUT2D eigenvalue weighted by atomic mass is 10.0. The Hall–Kier alpha value is -1.56. The highest BCUT2D eigenvalue weighted by molar-refractivity contribution is 5.81. The molecule has 0 bridgehead atoms. The molecule has 0 unspecified atom stereocenters. The van der Waals surface area contributed by atoms with Crippen molar-refractivity contribution in [1.82, 2.24) is 0 Å². The standard InChI is InChI=1S/C17H34N4O2/c1-2-3-10-15(18)11-8-6-4-5-7-9-14(12-16(22)23)13-21-17(19)20/h12,15H,2-11,13,18H2,1H3,(H,22,23)(H4,19,20,21)/b14-12-/t15-/m0/s1. The van der Waals surface area contributed by atoms with Crippen LogP contribution < -0.4 is 17.2 Å². The number of hydrogen-bond acceptors (Lipinski definition) is 3. The Morgan fingerprint density at radius 1 is 1.09 bits per heavy atom. The molecule has 0 aliphatic carbocycles. The molecule has 6 nitrogen and oxygen atoms in total. The number of aliphatic imine (C=N–C) groups is 1. The van der Waals surface area contributed by atoms with Crippen LogP contribution in [0.5, 0.6) is 0 Å². The van der Waals surface area contributed by atoms with E-state index in [4.69, 9.17) is 22.3 Å². The van der Waals surface area contributed by atoms with Crippen molar-refractivity contribution in [2.45, 2.75) is 77.2 Å². The van der Waals surface area contributed by atoms with Gasteiger partial charge >= 0.3 is 5.97 Å². The number of guanidine groups is 1. The second-order valence-electron chi connectivity index (χ2n) is 6.09. The van der Waals surface area contributed by atoms with Gasteiger partial charge in [0, 0.05) is 12.1 Å². The molecule has 1 atom stereocenters. The molecule has 0 amide bonds. The van der Waals surface area contributed by atoms with E-state index in [0.717, 1.165) is 44.1 Å². The summed E-state index contributed by atoms with van der Waals surface area (Å²) in [5, 5.41) is 8.84. The fourth-order valence-corrected chi connectivity index (χ4v) is 2.46. The van der Waals surface area contributed by atoms with Crippen LogP contribution in [0.4, 0.5) is 0 Å². The van der Waals surface area contributed by atoms with Crippen LogP contribution in [-0.2, 0) is 4.79 Å². The molecule has 0 saturated carbocycles. The molecule has 0 rings (SSSR count). The largest absolute Gasteiger partial charge is 0.478 e. The van der Waals surface area contributed by atoms with Crippen LogP contribution in [-0.4, -0.2) is 29.6 Å². The first-order chi connectivity index (χ1) is 11.0. The van der Waals surface area contributed by atoms with Crippen molar-refractivity contribution in [2.75, 3.05) is 6.54 Å². The summed E-state index contributed by atoms with van der Waals surface area (Å²) in [6.45, 7) is 2.45. The fraction of sp³-hybridized carbons (Fsp3) is 0.765. The number of hydrogen-bond donors (Lipinski definition) is 4. The van der Waals surface area contributed by atoms with E-state index in [9.17, 15) is 4.79 Å². The third-order valence-corrected chi connectivity index (χ3v) is 3.79. The van der Waals surface area contributed by atoms with Gasteiger partial charge in [0.1, 0.15) is 0 Å². The van der Waals surface area contributed by atoms with Crippen molar-refractivity contribution >= 4 is 11.9 Å². The molecule has 0 heterocycles. The van der Waals surface area contributed by atoms with Gasteiger partial charge in [-0.05, 0) is 31.3 Å². The first kappa shape index (κ1) is 21.4. The van der Waals surface area contributed by atoms with Gasteiger partial charge < -0.3 is 22.3 Å². The Morgan fingerprint density at radius 2 is 1.70 bits per heavy atom. The second kappa shape index (κ2) is 14.1. The fourth-order valence-electron chi connectivity index (χ4n) is 2.46. The Labute approximate surface area is 140 Å². The van der Waals surface area contributed by atoms with Gasteiger partial charge in [0.25, 0.3) is 0 Å². The highest BCUT2D eigenvalue weighted by Crippen LogP contribution is 2.14. The minimum Gasteiger partial charge on any atom is -0.478 e. The Balaban J connectivity index is 3.78. The summed E-state index contributed by atoms with van der Waals surface area (Å²) >= 11 is 0. The van der Waals surface area contributed by atoms with Gasteiger partial charge in [0.2, 0.25) is 0 Å². The van der Waals surface area contributed by atoms with E-state index >= 15 is 0 Å². The predicted octanol–water partition coefficient (Wildman–Crippen LogP) is 2.52. The number of nitrogens with two attached hydrogens (primary N) is 3. The summed E-state index contributed by atoms with van der Waals surface area (Å²) < 4.78 is 0. The third-order valence-electron chi connectivity index (χ3n) is 3.79. The zero-order chi connectivity index (χ0) is 17.5. The molecule has 0 aromatic rings. The number of aliphatic carboxylic acids is 1. The molecule has 0 spiro atoms. The molecule has 23 heavy (non-hydrogen) atoms. The predicted molar refractivity (Wildman–Crippen MR) is 96.2 cm³/mol. The molecular weight excluding hydrogens is 292 g/mol. The highest BCUT2D eigenvalue weighted by Gasteiger charge is 2.03. The SMILES string of the molecule is CCCC[C@H](N)CCCCCCC/C(=C/C(=O)O)CN=C(N)N. The van der Waals surface area contributed by atoms with Gasteiger partial charge in [-0.15, -0.1) is 0 Å². The number of rotatable bonds is 14. The van der Waals surface area contributed by atoms with Gasteiger partial charge in [-0.2, -0.15) is 0 Å². The molecule has 0 saturated heterocycles.